The molecule has 0 aliphatic carbocycles. The molecular formula is C10H15ClN4O3. The van der Waals surface area contributed by atoms with Crippen molar-refractivity contribution in [1.82, 2.24) is 15.0 Å². The highest BCUT2D eigenvalue weighted by molar-refractivity contribution is 5.88. The molecule has 100 valence electrons. The third-order valence-corrected chi connectivity index (χ3v) is 2.56. The Morgan fingerprint density at radius 1 is 1.50 bits per heavy atom. The topological polar surface area (TPSA) is 105 Å². The van der Waals surface area contributed by atoms with E-state index in [-0.39, 0.29) is 31.1 Å². The molecule has 4 N–H and O–H groups in total. The molecule has 0 spiro atoms. The predicted molar refractivity (Wildman–Crippen MR) is 70.3 cm³/mol. The van der Waals surface area contributed by atoms with Gasteiger partial charge in [-0.2, -0.15) is 0 Å². The van der Waals surface area contributed by atoms with E-state index in [1.807, 2.05) is 0 Å². The van der Waals surface area contributed by atoms with Gasteiger partial charge in [0, 0.05) is 19.8 Å². The molecule has 2 aromatic rings. The lowest BCUT2D eigenvalue weighted by Crippen LogP contribution is -2.31. The molecule has 0 amide bonds. The zero-order valence-corrected chi connectivity index (χ0v) is 10.6. The van der Waals surface area contributed by atoms with Gasteiger partial charge in [-0.05, 0) is 0 Å². The van der Waals surface area contributed by atoms with Gasteiger partial charge in [-0.3, -0.25) is 4.79 Å². The number of hydrogen-bond acceptors (Lipinski definition) is 5. The Morgan fingerprint density at radius 2 is 2.22 bits per heavy atom. The molecule has 0 unspecified atom stereocenters. The monoisotopic (exact) mass is 274 g/mol. The van der Waals surface area contributed by atoms with E-state index in [0.29, 0.717) is 16.7 Å². The van der Waals surface area contributed by atoms with Crippen LogP contribution in [0.25, 0.3) is 11.0 Å². The molecule has 2 rings (SSSR count). The fourth-order valence-corrected chi connectivity index (χ4v) is 1.70. The van der Waals surface area contributed by atoms with Crippen LogP contribution in [-0.4, -0.2) is 51.5 Å². The molecule has 0 aliphatic rings. The van der Waals surface area contributed by atoms with Crippen molar-refractivity contribution in [2.45, 2.75) is 6.10 Å². The summed E-state index contributed by atoms with van der Waals surface area (Å²) in [6.45, 7) is -0.0430. The second-order valence-electron chi connectivity index (χ2n) is 3.85. The Bertz CT molecular complexity index is 567. The summed E-state index contributed by atoms with van der Waals surface area (Å²) in [5.74, 6) is 0. The van der Waals surface area contributed by atoms with Crippen molar-refractivity contribution in [2.75, 3.05) is 25.1 Å². The maximum Gasteiger partial charge on any atom is 0.275 e. The third-order valence-electron chi connectivity index (χ3n) is 2.56. The van der Waals surface area contributed by atoms with Crippen LogP contribution in [0.2, 0.25) is 0 Å². The van der Waals surface area contributed by atoms with E-state index in [1.54, 1.807) is 18.1 Å². The average Bonchev–Trinajstić information content (AvgIpc) is 2.74. The van der Waals surface area contributed by atoms with E-state index in [4.69, 9.17) is 5.11 Å². The molecule has 0 aromatic carbocycles. The van der Waals surface area contributed by atoms with E-state index in [0.717, 1.165) is 0 Å². The summed E-state index contributed by atoms with van der Waals surface area (Å²) in [5.41, 5.74) is 1.41. The first-order valence-electron chi connectivity index (χ1n) is 5.18. The molecule has 1 atom stereocenters. The van der Waals surface area contributed by atoms with Crippen LogP contribution in [0.1, 0.15) is 0 Å². The Kier molecular flexibility index (Phi) is 4.71. The van der Waals surface area contributed by atoms with Gasteiger partial charge >= 0.3 is 0 Å². The van der Waals surface area contributed by atoms with Crippen molar-refractivity contribution in [3.8, 4) is 0 Å². The fourth-order valence-electron chi connectivity index (χ4n) is 1.70. The standard InChI is InChI=1S/C10H14N4O3.ClH/c1-14(3-6(16)4-15)7-2-11-9-8(7)12-5-13-10(9)17;/h2,5-6,11,15-16H,3-4H2,1H3,(H,12,13,17);1H/t6-;/m1./s1. The molecule has 0 radical (unpaired) electrons. The van der Waals surface area contributed by atoms with Gasteiger partial charge in [-0.15, -0.1) is 12.4 Å². The molecule has 2 aromatic heterocycles. The first kappa shape index (κ1) is 14.5. The number of fused-ring (bicyclic) bond motifs is 1. The molecule has 0 bridgehead atoms. The van der Waals surface area contributed by atoms with Crippen LogP contribution < -0.4 is 10.5 Å². The fraction of sp³-hybridized carbons (Fsp3) is 0.400. The van der Waals surface area contributed by atoms with Gasteiger partial charge in [-0.1, -0.05) is 0 Å². The lowest BCUT2D eigenvalue weighted by molar-refractivity contribution is 0.101. The van der Waals surface area contributed by atoms with Crippen LogP contribution in [-0.2, 0) is 0 Å². The number of aromatic amines is 2. The maximum atomic E-state index is 11.5. The van der Waals surface area contributed by atoms with Crippen molar-refractivity contribution in [3.63, 3.8) is 0 Å². The maximum absolute atomic E-state index is 11.5. The Hall–Kier alpha value is -1.57. The van der Waals surface area contributed by atoms with Crippen molar-refractivity contribution in [1.29, 1.82) is 0 Å². The van der Waals surface area contributed by atoms with E-state index in [9.17, 15) is 9.90 Å². The van der Waals surface area contributed by atoms with Crippen molar-refractivity contribution < 1.29 is 10.2 Å². The van der Waals surface area contributed by atoms with Gasteiger partial charge in [0.2, 0.25) is 0 Å². The van der Waals surface area contributed by atoms with Crippen LogP contribution in [0.15, 0.2) is 17.3 Å². The largest absolute Gasteiger partial charge is 0.394 e. The second kappa shape index (κ2) is 5.85. The number of anilines is 1. The van der Waals surface area contributed by atoms with E-state index in [2.05, 4.69) is 15.0 Å². The van der Waals surface area contributed by atoms with Crippen LogP contribution in [0.3, 0.4) is 0 Å². The first-order valence-corrected chi connectivity index (χ1v) is 5.18. The smallest absolute Gasteiger partial charge is 0.275 e. The van der Waals surface area contributed by atoms with E-state index < -0.39 is 6.10 Å². The zero-order valence-electron chi connectivity index (χ0n) is 9.75. The Labute approximate surface area is 109 Å². The van der Waals surface area contributed by atoms with Crippen molar-refractivity contribution >= 4 is 29.1 Å². The number of H-pyrrole nitrogens is 2. The summed E-state index contributed by atoms with van der Waals surface area (Å²) < 4.78 is 0. The van der Waals surface area contributed by atoms with Gasteiger partial charge in [0.05, 0.1) is 24.7 Å². The number of hydrogen-bond donors (Lipinski definition) is 4. The number of halogens is 1. The quantitative estimate of drug-likeness (QED) is 0.599. The molecule has 18 heavy (non-hydrogen) atoms. The third kappa shape index (κ3) is 2.63. The molecular weight excluding hydrogens is 260 g/mol. The highest BCUT2D eigenvalue weighted by atomic mass is 35.5. The highest BCUT2D eigenvalue weighted by Crippen LogP contribution is 2.21. The van der Waals surface area contributed by atoms with Gasteiger partial charge in [-0.25, -0.2) is 4.98 Å². The predicted octanol–water partition coefficient (Wildman–Crippen LogP) is -0.538. The van der Waals surface area contributed by atoms with Gasteiger partial charge < -0.3 is 25.1 Å². The van der Waals surface area contributed by atoms with Crippen molar-refractivity contribution in [3.05, 3.63) is 22.9 Å². The zero-order chi connectivity index (χ0) is 12.4. The lowest BCUT2D eigenvalue weighted by Gasteiger charge is -2.20. The Balaban J connectivity index is 0.00000162. The van der Waals surface area contributed by atoms with Crippen LogP contribution >= 0.6 is 12.4 Å². The number of aliphatic hydroxyl groups excluding tert-OH is 2. The normalized spacial score (nSPS) is 12.2. The summed E-state index contributed by atoms with van der Waals surface area (Å²) >= 11 is 0. The summed E-state index contributed by atoms with van der Waals surface area (Å²) in [6, 6.07) is 0. The lowest BCUT2D eigenvalue weighted by atomic mass is 10.3. The van der Waals surface area contributed by atoms with Gasteiger partial charge in [0.1, 0.15) is 11.0 Å². The molecule has 8 heteroatoms. The second-order valence-corrected chi connectivity index (χ2v) is 3.85. The Morgan fingerprint density at radius 3 is 2.89 bits per heavy atom. The molecule has 0 fully saturated rings. The number of rotatable bonds is 4. The van der Waals surface area contributed by atoms with Crippen LogP contribution in [0, 0.1) is 0 Å². The number of likely N-dealkylation sites (N-methyl/N-ethyl adjacent to an activating group) is 1. The van der Waals surface area contributed by atoms with Crippen LogP contribution in [0.4, 0.5) is 5.69 Å². The summed E-state index contributed by atoms with van der Waals surface area (Å²) in [6.07, 6.45) is 2.15. The molecule has 0 saturated heterocycles. The van der Waals surface area contributed by atoms with E-state index >= 15 is 0 Å². The summed E-state index contributed by atoms with van der Waals surface area (Å²) in [4.78, 5) is 22.6. The molecule has 0 saturated carbocycles. The van der Waals surface area contributed by atoms with Crippen LogP contribution in [0.5, 0.6) is 0 Å². The number of nitrogens with zero attached hydrogens (tertiary/aromatic N) is 2. The van der Waals surface area contributed by atoms with E-state index in [1.165, 1.54) is 6.33 Å². The minimum atomic E-state index is -0.827. The van der Waals surface area contributed by atoms with Crippen molar-refractivity contribution in [2.24, 2.45) is 0 Å². The summed E-state index contributed by atoms with van der Waals surface area (Å²) in [5, 5.41) is 18.1. The number of aromatic nitrogens is 3. The minimum absolute atomic E-state index is 0. The minimum Gasteiger partial charge on any atom is -0.394 e. The highest BCUT2D eigenvalue weighted by Gasteiger charge is 2.14. The first-order chi connectivity index (χ1) is 8.13. The number of aliphatic hydroxyl groups is 2. The molecule has 0 aliphatic heterocycles. The van der Waals surface area contributed by atoms with Gasteiger partial charge in [0.15, 0.2) is 0 Å². The van der Waals surface area contributed by atoms with Gasteiger partial charge in [0.25, 0.3) is 5.56 Å². The SMILES string of the molecule is CN(C[C@@H](O)CO)c1c[nH]c2c(=O)[nH]cnc12.Cl. The summed E-state index contributed by atoms with van der Waals surface area (Å²) in [7, 11) is 1.75. The number of nitrogens with one attached hydrogen (secondary N) is 2. The average molecular weight is 275 g/mol. The molecule has 2 heterocycles. The molecule has 7 nitrogen and oxygen atoms in total.